The van der Waals surface area contributed by atoms with Crippen LogP contribution >= 0.6 is 0 Å². The molecule has 4 atom stereocenters. The van der Waals surface area contributed by atoms with Gasteiger partial charge in [0.15, 0.2) is 0 Å². The quantitative estimate of drug-likeness (QED) is 0.112. The molecule has 0 radical (unpaired) electrons. The van der Waals surface area contributed by atoms with Crippen LogP contribution in [0.5, 0.6) is 0 Å². The van der Waals surface area contributed by atoms with Gasteiger partial charge in [-0.25, -0.2) is 4.79 Å². The second-order valence-electron chi connectivity index (χ2n) is 7.78. The maximum Gasteiger partial charge on any atom is 0.326 e. The van der Waals surface area contributed by atoms with E-state index in [1.54, 1.807) is 0 Å². The monoisotopic (exact) mass is 486 g/mol. The number of carbonyl (C=O) groups excluding carboxylic acids is 5. The number of carboxylic acid groups (broad SMARTS) is 2. The highest BCUT2D eigenvalue weighted by Crippen LogP contribution is 2.08. The number of carbonyl (C=O) groups is 7. The van der Waals surface area contributed by atoms with Crippen LogP contribution in [0.4, 0.5) is 0 Å². The van der Waals surface area contributed by atoms with E-state index in [1.165, 1.54) is 0 Å². The lowest BCUT2D eigenvalue weighted by Crippen LogP contribution is -2.57. The third kappa shape index (κ3) is 10.2. The maximum absolute atomic E-state index is 12.8. The zero-order valence-electron chi connectivity index (χ0n) is 18.4. The van der Waals surface area contributed by atoms with Crippen molar-refractivity contribution in [2.24, 2.45) is 11.5 Å². The Morgan fingerprint density at radius 1 is 0.824 bits per heavy atom. The summed E-state index contributed by atoms with van der Waals surface area (Å²) >= 11 is 0. The van der Waals surface area contributed by atoms with Crippen molar-refractivity contribution in [3.8, 4) is 0 Å². The number of carboxylic acids is 2. The van der Waals surface area contributed by atoms with E-state index in [9.17, 15) is 38.7 Å². The van der Waals surface area contributed by atoms with Gasteiger partial charge in [-0.3, -0.25) is 28.8 Å². The lowest BCUT2D eigenvalue weighted by Gasteiger charge is -2.24. The third-order valence-corrected chi connectivity index (χ3v) is 4.99. The molecule has 190 valence electrons. The summed E-state index contributed by atoms with van der Waals surface area (Å²) in [5, 5.41) is 27.9. The molecular formula is C19H30N6O9. The van der Waals surface area contributed by atoms with Gasteiger partial charge in [0.2, 0.25) is 29.5 Å². The first-order valence-corrected chi connectivity index (χ1v) is 10.6. The van der Waals surface area contributed by atoms with Crippen molar-refractivity contribution in [3.63, 3.8) is 0 Å². The molecule has 0 bridgehead atoms. The van der Waals surface area contributed by atoms with E-state index in [2.05, 4.69) is 21.3 Å². The lowest BCUT2D eigenvalue weighted by molar-refractivity contribution is -0.142. The zero-order chi connectivity index (χ0) is 25.8. The van der Waals surface area contributed by atoms with Crippen LogP contribution < -0.4 is 32.7 Å². The summed E-state index contributed by atoms with van der Waals surface area (Å²) in [5.74, 6) is -7.06. The zero-order valence-corrected chi connectivity index (χ0v) is 18.4. The molecule has 15 nitrogen and oxygen atoms in total. The van der Waals surface area contributed by atoms with Gasteiger partial charge in [-0.05, 0) is 32.2 Å². The van der Waals surface area contributed by atoms with Gasteiger partial charge in [0, 0.05) is 12.8 Å². The molecule has 1 heterocycles. The molecule has 0 aromatic heterocycles. The molecule has 1 aliphatic rings. The van der Waals surface area contributed by atoms with Crippen molar-refractivity contribution >= 4 is 41.5 Å². The molecule has 34 heavy (non-hydrogen) atoms. The molecule has 1 aliphatic heterocycles. The summed E-state index contributed by atoms with van der Waals surface area (Å²) < 4.78 is 0. The van der Waals surface area contributed by atoms with E-state index >= 15 is 0 Å². The highest BCUT2D eigenvalue weighted by molar-refractivity contribution is 5.96. The van der Waals surface area contributed by atoms with Gasteiger partial charge in [0.25, 0.3) is 0 Å². The summed E-state index contributed by atoms with van der Waals surface area (Å²) in [4.78, 5) is 82.4. The Bertz CT molecular complexity index is 812. The van der Waals surface area contributed by atoms with Gasteiger partial charge in [-0.1, -0.05) is 0 Å². The second-order valence-corrected chi connectivity index (χ2v) is 7.78. The maximum atomic E-state index is 12.8. The third-order valence-electron chi connectivity index (χ3n) is 4.99. The molecule has 4 unspecified atom stereocenters. The molecule has 15 heteroatoms. The number of aliphatic carboxylic acids is 2. The average Bonchev–Trinajstić information content (AvgIpc) is 3.27. The highest BCUT2D eigenvalue weighted by Gasteiger charge is 2.32. The highest BCUT2D eigenvalue weighted by atomic mass is 16.4. The second kappa shape index (κ2) is 13.7. The molecule has 0 saturated carbocycles. The average molecular weight is 486 g/mol. The molecule has 1 fully saturated rings. The van der Waals surface area contributed by atoms with Crippen molar-refractivity contribution in [3.05, 3.63) is 0 Å². The van der Waals surface area contributed by atoms with Crippen LogP contribution in [0.25, 0.3) is 0 Å². The van der Waals surface area contributed by atoms with Crippen LogP contribution in [-0.4, -0.2) is 82.4 Å². The van der Waals surface area contributed by atoms with Gasteiger partial charge in [-0.2, -0.15) is 0 Å². The minimum atomic E-state index is -1.62. The van der Waals surface area contributed by atoms with Crippen LogP contribution in [0.3, 0.4) is 0 Å². The molecule has 5 amide bonds. The number of nitrogens with one attached hydrogen (secondary N) is 4. The fraction of sp³-hybridized carbons (Fsp3) is 0.632. The smallest absolute Gasteiger partial charge is 0.326 e. The van der Waals surface area contributed by atoms with E-state index in [1.807, 2.05) is 0 Å². The topological polar surface area (TPSA) is 260 Å². The molecule has 0 aliphatic carbocycles. The molecule has 0 aromatic carbocycles. The number of primary amides is 2. The predicted molar refractivity (Wildman–Crippen MR) is 114 cm³/mol. The number of hydrogen-bond acceptors (Lipinski definition) is 8. The Kier molecular flexibility index (Phi) is 11.4. The van der Waals surface area contributed by atoms with Crippen molar-refractivity contribution in [1.82, 2.24) is 21.3 Å². The molecule has 10 N–H and O–H groups in total. The SMILES string of the molecule is NC(=O)CCC(NC(=O)C(CC(N)=O)NC(=O)C(CCC(=O)O)NC(=O)C1CCCN1)C(=O)O. The Morgan fingerprint density at radius 3 is 1.91 bits per heavy atom. The van der Waals surface area contributed by atoms with Gasteiger partial charge in [-0.15, -0.1) is 0 Å². The largest absolute Gasteiger partial charge is 0.481 e. The van der Waals surface area contributed by atoms with Crippen LogP contribution in [-0.2, 0) is 33.6 Å². The van der Waals surface area contributed by atoms with Gasteiger partial charge < -0.3 is 42.9 Å². The number of hydrogen-bond donors (Lipinski definition) is 8. The Labute approximate surface area is 194 Å². The molecule has 1 saturated heterocycles. The van der Waals surface area contributed by atoms with Crippen LogP contribution in [0, 0.1) is 0 Å². The lowest BCUT2D eigenvalue weighted by atomic mass is 10.1. The van der Waals surface area contributed by atoms with Crippen molar-refractivity contribution in [2.45, 2.75) is 69.1 Å². The number of nitrogens with two attached hydrogens (primary N) is 2. The van der Waals surface area contributed by atoms with Crippen molar-refractivity contribution in [1.29, 1.82) is 0 Å². The van der Waals surface area contributed by atoms with Crippen LogP contribution in [0.2, 0.25) is 0 Å². The van der Waals surface area contributed by atoms with Crippen molar-refractivity contribution < 1.29 is 43.8 Å². The van der Waals surface area contributed by atoms with Gasteiger partial charge >= 0.3 is 11.9 Å². The standard InChI is InChI=1S/C19H30N6O9/c20-13(26)5-3-11(19(33)34)24-18(32)12(8-14(21)27)25-17(31)10(4-6-15(28)29)23-16(30)9-2-1-7-22-9/h9-12,22H,1-8H2,(H2,20,26)(H2,21,27)(H,23,30)(H,24,32)(H,25,31)(H,28,29)(H,33,34). The van der Waals surface area contributed by atoms with Crippen LogP contribution in [0.15, 0.2) is 0 Å². The van der Waals surface area contributed by atoms with E-state index < -0.39 is 78.5 Å². The minimum Gasteiger partial charge on any atom is -0.481 e. The molecule has 1 rings (SSSR count). The predicted octanol–water partition coefficient (Wildman–Crippen LogP) is -3.72. The van der Waals surface area contributed by atoms with Crippen molar-refractivity contribution in [2.75, 3.05) is 6.54 Å². The summed E-state index contributed by atoms with van der Waals surface area (Å²) in [6.07, 6.45) is -0.900. The fourth-order valence-electron chi connectivity index (χ4n) is 3.22. The Balaban J connectivity index is 2.94. The Morgan fingerprint density at radius 2 is 1.41 bits per heavy atom. The van der Waals surface area contributed by atoms with Crippen LogP contribution in [0.1, 0.15) is 44.9 Å². The molecular weight excluding hydrogens is 456 g/mol. The van der Waals surface area contributed by atoms with Gasteiger partial charge in [0.05, 0.1) is 12.5 Å². The molecule has 0 aromatic rings. The fourth-order valence-corrected chi connectivity index (χ4v) is 3.22. The summed E-state index contributed by atoms with van der Waals surface area (Å²) in [6, 6.07) is -5.07. The summed E-state index contributed by atoms with van der Waals surface area (Å²) in [6.45, 7) is 0.603. The summed E-state index contributed by atoms with van der Waals surface area (Å²) in [5.41, 5.74) is 10.1. The molecule has 0 spiro atoms. The first-order valence-electron chi connectivity index (χ1n) is 10.6. The number of amides is 5. The van der Waals surface area contributed by atoms with E-state index in [4.69, 9.17) is 16.6 Å². The van der Waals surface area contributed by atoms with E-state index in [0.29, 0.717) is 13.0 Å². The first kappa shape index (κ1) is 28.3. The van der Waals surface area contributed by atoms with E-state index in [-0.39, 0.29) is 19.3 Å². The normalized spacial score (nSPS) is 17.6. The minimum absolute atomic E-state index is 0.305. The van der Waals surface area contributed by atoms with Gasteiger partial charge in [0.1, 0.15) is 18.1 Å². The van der Waals surface area contributed by atoms with E-state index in [0.717, 1.165) is 6.42 Å². The number of rotatable bonds is 15. The Hall–Kier alpha value is -3.75. The summed E-state index contributed by atoms with van der Waals surface area (Å²) in [7, 11) is 0. The first-order chi connectivity index (χ1) is 15.9.